The van der Waals surface area contributed by atoms with Crippen molar-refractivity contribution in [1.82, 2.24) is 5.43 Å². The molecule has 2 amide bonds. The number of hydrogen-bond donors (Lipinski definition) is 2. The number of benzene rings is 3. The maximum Gasteiger partial charge on any atom is 0.271 e. The molecule has 0 aromatic heterocycles. The van der Waals surface area contributed by atoms with Crippen LogP contribution in [0.1, 0.15) is 53.6 Å². The van der Waals surface area contributed by atoms with Crippen LogP contribution in [0.4, 0.5) is 5.69 Å². The molecule has 0 aliphatic heterocycles. The molecule has 1 saturated carbocycles. The minimum atomic E-state index is -0.330. The fraction of sp³-hybridized carbons (Fsp3) is 0.250. The number of ether oxygens (including phenoxy) is 1. The Kier molecular flexibility index (Phi) is 8.06. The predicted molar refractivity (Wildman–Crippen MR) is 134 cm³/mol. The molecule has 0 spiro atoms. The lowest BCUT2D eigenvalue weighted by Gasteiger charge is -2.20. The summed E-state index contributed by atoms with van der Waals surface area (Å²) in [4.78, 5) is 24.9. The minimum absolute atomic E-state index is 0.0645. The first-order valence-corrected chi connectivity index (χ1v) is 11.7. The number of rotatable bonds is 8. The van der Waals surface area contributed by atoms with Crippen LogP contribution < -0.4 is 15.5 Å². The third-order valence-electron chi connectivity index (χ3n) is 5.92. The first-order chi connectivity index (χ1) is 16.7. The summed E-state index contributed by atoms with van der Waals surface area (Å²) >= 11 is 0. The van der Waals surface area contributed by atoms with Crippen LogP contribution in [-0.4, -0.2) is 18.0 Å². The molecule has 0 unspecified atom stereocenters. The van der Waals surface area contributed by atoms with Crippen molar-refractivity contribution in [3.8, 4) is 5.75 Å². The number of anilines is 1. The lowest BCUT2D eigenvalue weighted by atomic mass is 9.88. The van der Waals surface area contributed by atoms with Crippen molar-refractivity contribution in [1.29, 1.82) is 0 Å². The Morgan fingerprint density at radius 3 is 2.35 bits per heavy atom. The van der Waals surface area contributed by atoms with E-state index in [2.05, 4.69) is 15.8 Å². The molecule has 3 aromatic carbocycles. The zero-order valence-corrected chi connectivity index (χ0v) is 19.1. The number of para-hydroxylation sites is 1. The van der Waals surface area contributed by atoms with Crippen LogP contribution in [0.25, 0.3) is 0 Å². The highest BCUT2D eigenvalue weighted by molar-refractivity contribution is 5.96. The van der Waals surface area contributed by atoms with Crippen LogP contribution in [0.5, 0.6) is 5.75 Å². The van der Waals surface area contributed by atoms with E-state index in [4.69, 9.17) is 4.74 Å². The summed E-state index contributed by atoms with van der Waals surface area (Å²) in [7, 11) is 0. The highest BCUT2D eigenvalue weighted by Gasteiger charge is 2.21. The lowest BCUT2D eigenvalue weighted by molar-refractivity contribution is -0.120. The van der Waals surface area contributed by atoms with Crippen LogP contribution in [-0.2, 0) is 11.4 Å². The number of nitrogens with zero attached hydrogens (tertiary/aromatic N) is 1. The summed E-state index contributed by atoms with van der Waals surface area (Å²) < 4.78 is 5.92. The zero-order chi connectivity index (χ0) is 23.6. The predicted octanol–water partition coefficient (Wildman–Crippen LogP) is 5.55. The summed E-state index contributed by atoms with van der Waals surface area (Å²) in [6, 6.07) is 24.3. The summed E-state index contributed by atoms with van der Waals surface area (Å²) in [5, 5.41) is 7.05. The number of nitrogens with one attached hydrogen (secondary N) is 2. The quantitative estimate of drug-likeness (QED) is 0.345. The Hall–Kier alpha value is -3.93. The van der Waals surface area contributed by atoms with E-state index in [-0.39, 0.29) is 17.7 Å². The molecular weight excluding hydrogens is 426 g/mol. The molecule has 0 saturated heterocycles. The van der Waals surface area contributed by atoms with Crippen molar-refractivity contribution >= 4 is 23.7 Å². The molecule has 1 aliphatic carbocycles. The van der Waals surface area contributed by atoms with Gasteiger partial charge >= 0.3 is 0 Å². The van der Waals surface area contributed by atoms with Crippen molar-refractivity contribution in [2.45, 2.75) is 38.7 Å². The number of hydrogen-bond acceptors (Lipinski definition) is 4. The average Bonchev–Trinajstić information content (AvgIpc) is 2.89. The van der Waals surface area contributed by atoms with Crippen molar-refractivity contribution in [3.63, 3.8) is 0 Å². The second-order valence-corrected chi connectivity index (χ2v) is 8.41. The molecule has 1 aliphatic rings. The number of hydrazone groups is 1. The van der Waals surface area contributed by atoms with Crippen LogP contribution in [0, 0.1) is 5.92 Å². The average molecular weight is 456 g/mol. The number of carbonyl (C=O) groups is 2. The maximum absolute atomic E-state index is 12.5. The van der Waals surface area contributed by atoms with Gasteiger partial charge in [0.2, 0.25) is 5.91 Å². The van der Waals surface area contributed by atoms with Gasteiger partial charge in [0.1, 0.15) is 12.4 Å². The molecular formula is C28H29N3O3. The van der Waals surface area contributed by atoms with Crippen molar-refractivity contribution < 1.29 is 14.3 Å². The van der Waals surface area contributed by atoms with Gasteiger partial charge in [-0.15, -0.1) is 0 Å². The number of carbonyl (C=O) groups excluding carboxylic acids is 2. The van der Waals surface area contributed by atoms with E-state index >= 15 is 0 Å². The van der Waals surface area contributed by atoms with E-state index in [1.807, 2.05) is 54.6 Å². The van der Waals surface area contributed by atoms with Crippen LogP contribution in [0.3, 0.4) is 0 Å². The highest BCUT2D eigenvalue weighted by Crippen LogP contribution is 2.25. The second kappa shape index (κ2) is 11.8. The Balaban J connectivity index is 1.30. The summed E-state index contributed by atoms with van der Waals surface area (Å²) in [5.41, 5.74) is 5.54. The van der Waals surface area contributed by atoms with Crippen LogP contribution in [0.2, 0.25) is 0 Å². The Morgan fingerprint density at radius 1 is 0.882 bits per heavy atom. The van der Waals surface area contributed by atoms with Gasteiger partial charge in [-0.25, -0.2) is 5.43 Å². The zero-order valence-electron chi connectivity index (χ0n) is 19.1. The van der Waals surface area contributed by atoms with Gasteiger partial charge in [-0.2, -0.15) is 5.10 Å². The second-order valence-electron chi connectivity index (χ2n) is 8.41. The summed E-state index contributed by atoms with van der Waals surface area (Å²) in [6.07, 6.45) is 6.90. The van der Waals surface area contributed by atoms with Gasteiger partial charge in [-0.05, 0) is 54.8 Å². The molecule has 4 rings (SSSR count). The molecule has 1 fully saturated rings. The highest BCUT2D eigenvalue weighted by atomic mass is 16.5. The van der Waals surface area contributed by atoms with Gasteiger partial charge < -0.3 is 10.1 Å². The van der Waals surface area contributed by atoms with E-state index in [1.54, 1.807) is 30.5 Å². The van der Waals surface area contributed by atoms with E-state index in [0.717, 1.165) is 36.8 Å². The standard InChI is InChI=1S/C28H29N3O3/c32-27(22-11-5-2-6-12-22)30-25-17-15-23(16-18-25)28(33)31-29-19-24-13-7-8-14-26(24)34-20-21-9-3-1-4-10-21/h1,3-4,7-10,13-19,22H,2,5-6,11-12,20H2,(H,30,32)(H,31,33). The van der Waals surface area contributed by atoms with Gasteiger partial charge in [0.15, 0.2) is 0 Å². The molecule has 3 aromatic rings. The fourth-order valence-electron chi connectivity index (χ4n) is 3.99. The van der Waals surface area contributed by atoms with E-state index in [9.17, 15) is 9.59 Å². The molecule has 0 heterocycles. The molecule has 34 heavy (non-hydrogen) atoms. The summed E-state index contributed by atoms with van der Waals surface area (Å²) in [5.74, 6) is 0.506. The Morgan fingerprint density at radius 2 is 1.59 bits per heavy atom. The summed E-state index contributed by atoms with van der Waals surface area (Å²) in [6.45, 7) is 0.446. The fourth-order valence-corrected chi connectivity index (χ4v) is 3.99. The first kappa shape index (κ1) is 23.2. The van der Waals surface area contributed by atoms with Gasteiger partial charge in [0, 0.05) is 22.7 Å². The third-order valence-corrected chi connectivity index (χ3v) is 5.92. The maximum atomic E-state index is 12.5. The number of amides is 2. The molecule has 174 valence electrons. The first-order valence-electron chi connectivity index (χ1n) is 11.7. The molecule has 2 N–H and O–H groups in total. The van der Waals surface area contributed by atoms with E-state index < -0.39 is 0 Å². The Labute approximate surface area is 200 Å². The molecule has 6 nitrogen and oxygen atoms in total. The minimum Gasteiger partial charge on any atom is -0.488 e. The van der Waals surface area contributed by atoms with Gasteiger partial charge in [0.05, 0.1) is 6.21 Å². The van der Waals surface area contributed by atoms with Crippen molar-refractivity contribution in [2.75, 3.05) is 5.32 Å². The van der Waals surface area contributed by atoms with Gasteiger partial charge in [0.25, 0.3) is 5.91 Å². The molecule has 0 atom stereocenters. The molecule has 0 radical (unpaired) electrons. The van der Waals surface area contributed by atoms with Gasteiger partial charge in [-0.3, -0.25) is 9.59 Å². The van der Waals surface area contributed by atoms with Crippen LogP contribution in [0.15, 0.2) is 84.0 Å². The third kappa shape index (κ3) is 6.54. The van der Waals surface area contributed by atoms with Crippen LogP contribution >= 0.6 is 0 Å². The molecule has 6 heteroatoms. The monoisotopic (exact) mass is 455 g/mol. The Bertz CT molecular complexity index is 1120. The largest absolute Gasteiger partial charge is 0.488 e. The smallest absolute Gasteiger partial charge is 0.271 e. The van der Waals surface area contributed by atoms with E-state index in [0.29, 0.717) is 23.6 Å². The van der Waals surface area contributed by atoms with Gasteiger partial charge in [-0.1, -0.05) is 61.7 Å². The molecule has 0 bridgehead atoms. The van der Waals surface area contributed by atoms with E-state index in [1.165, 1.54) is 6.42 Å². The normalized spacial score (nSPS) is 14.0. The van der Waals surface area contributed by atoms with Crippen molar-refractivity contribution in [3.05, 3.63) is 95.6 Å². The lowest BCUT2D eigenvalue weighted by Crippen LogP contribution is -2.24. The topological polar surface area (TPSA) is 79.8 Å². The SMILES string of the molecule is O=C(NN=Cc1ccccc1OCc1ccccc1)c1ccc(NC(=O)C2CCCCC2)cc1. The van der Waals surface area contributed by atoms with Crippen molar-refractivity contribution in [2.24, 2.45) is 11.0 Å².